The van der Waals surface area contributed by atoms with Gasteiger partial charge in [0.2, 0.25) is 5.91 Å². The quantitative estimate of drug-likeness (QED) is 0.863. The van der Waals surface area contributed by atoms with E-state index >= 15 is 0 Å². The van der Waals surface area contributed by atoms with Gasteiger partial charge in [-0.25, -0.2) is 0 Å². The van der Waals surface area contributed by atoms with E-state index in [9.17, 15) is 9.59 Å². The molecule has 132 valence electrons. The van der Waals surface area contributed by atoms with E-state index in [2.05, 4.69) is 5.32 Å². The molecule has 2 rings (SSSR count). The van der Waals surface area contributed by atoms with Crippen molar-refractivity contribution in [2.24, 2.45) is 11.7 Å². The zero-order valence-corrected chi connectivity index (χ0v) is 15.1. The van der Waals surface area contributed by atoms with E-state index in [1.54, 1.807) is 19.9 Å². The average Bonchev–Trinajstić information content (AvgIpc) is 2.49. The van der Waals surface area contributed by atoms with E-state index in [1.165, 1.54) is 4.90 Å². The summed E-state index contributed by atoms with van der Waals surface area (Å²) in [6, 6.07) is 5.34. The van der Waals surface area contributed by atoms with Crippen LogP contribution in [0.2, 0.25) is 0 Å². The maximum Gasteiger partial charge on any atom is 0.271 e. The fourth-order valence-electron chi connectivity index (χ4n) is 2.54. The van der Waals surface area contributed by atoms with Crippen molar-refractivity contribution in [3.63, 3.8) is 0 Å². The number of rotatable bonds is 5. The third kappa shape index (κ3) is 3.87. The topological polar surface area (TPSA) is 84.7 Å². The first-order chi connectivity index (χ1) is 11.1. The summed E-state index contributed by atoms with van der Waals surface area (Å²) in [6.45, 7) is 9.87. The first kappa shape index (κ1) is 18.3. The maximum absolute atomic E-state index is 12.8. The third-order valence-corrected chi connectivity index (χ3v) is 3.93. The predicted molar refractivity (Wildman–Crippen MR) is 94.0 cm³/mol. The van der Waals surface area contributed by atoms with Crippen LogP contribution in [0.25, 0.3) is 0 Å². The Balaban J connectivity index is 2.33. The van der Waals surface area contributed by atoms with Crippen LogP contribution in [0.3, 0.4) is 0 Å². The largest absolute Gasteiger partial charge is 0.476 e. The summed E-state index contributed by atoms with van der Waals surface area (Å²) in [5, 5.41) is 2.85. The molecule has 0 radical (unpaired) electrons. The lowest BCUT2D eigenvalue weighted by Crippen LogP contribution is -2.55. The van der Waals surface area contributed by atoms with Gasteiger partial charge < -0.3 is 15.8 Å². The summed E-state index contributed by atoms with van der Waals surface area (Å²) in [5.41, 5.74) is 6.40. The highest BCUT2D eigenvalue weighted by atomic mass is 16.5. The molecule has 1 aromatic rings. The second kappa shape index (κ2) is 6.81. The summed E-state index contributed by atoms with van der Waals surface area (Å²) in [5.74, 6) is 0.506. The molecule has 0 aromatic heterocycles. The second-order valence-electron chi connectivity index (χ2n) is 7.22. The molecule has 0 saturated carbocycles. The van der Waals surface area contributed by atoms with Gasteiger partial charge in [0.25, 0.3) is 5.91 Å². The van der Waals surface area contributed by atoms with Crippen molar-refractivity contribution >= 4 is 17.5 Å². The Morgan fingerprint density at radius 2 is 2.00 bits per heavy atom. The zero-order valence-electron chi connectivity index (χ0n) is 15.1. The average molecular weight is 333 g/mol. The number of anilines is 1. The van der Waals surface area contributed by atoms with Gasteiger partial charge in [-0.1, -0.05) is 19.9 Å². The lowest BCUT2D eigenvalue weighted by molar-refractivity contribution is -0.134. The number of ether oxygens (including phenoxy) is 1. The molecule has 1 aliphatic heterocycles. The van der Waals surface area contributed by atoms with Crippen molar-refractivity contribution in [1.29, 1.82) is 0 Å². The van der Waals surface area contributed by atoms with E-state index in [0.717, 1.165) is 5.56 Å². The lowest BCUT2D eigenvalue weighted by atomic mass is 10.0. The molecule has 0 saturated heterocycles. The molecule has 6 heteroatoms. The molecule has 1 atom stereocenters. The number of nitrogens with one attached hydrogen (secondary N) is 1. The van der Waals surface area contributed by atoms with Crippen LogP contribution in [0.4, 0.5) is 5.69 Å². The Labute approximate surface area is 143 Å². The van der Waals surface area contributed by atoms with E-state index in [4.69, 9.17) is 10.5 Å². The Morgan fingerprint density at radius 1 is 1.33 bits per heavy atom. The molecule has 24 heavy (non-hydrogen) atoms. The van der Waals surface area contributed by atoms with E-state index in [-0.39, 0.29) is 24.4 Å². The van der Waals surface area contributed by atoms with Crippen LogP contribution >= 0.6 is 0 Å². The summed E-state index contributed by atoms with van der Waals surface area (Å²) < 4.78 is 5.81. The number of nitrogens with two attached hydrogens (primary N) is 1. The molecular weight excluding hydrogens is 306 g/mol. The monoisotopic (exact) mass is 333 g/mol. The molecule has 0 aliphatic carbocycles. The predicted octanol–water partition coefficient (Wildman–Crippen LogP) is 1.98. The molecule has 0 bridgehead atoms. The highest BCUT2D eigenvalue weighted by Crippen LogP contribution is 2.39. The van der Waals surface area contributed by atoms with Gasteiger partial charge in [0, 0.05) is 12.6 Å². The molecule has 3 N–H and O–H groups in total. The maximum atomic E-state index is 12.8. The summed E-state index contributed by atoms with van der Waals surface area (Å²) >= 11 is 0. The number of nitrogens with zero attached hydrogens (tertiary/aromatic N) is 1. The number of hydrogen-bond donors (Lipinski definition) is 2. The molecule has 2 amide bonds. The SMILES string of the molecule is CC(C)CNC(=O)CN1C(=O)C(C)(C)Oc2ccc(C(C)N)cc21. The van der Waals surface area contributed by atoms with Crippen LogP contribution in [0.15, 0.2) is 18.2 Å². The summed E-state index contributed by atoms with van der Waals surface area (Å²) in [7, 11) is 0. The van der Waals surface area contributed by atoms with Crippen molar-refractivity contribution in [1.82, 2.24) is 5.32 Å². The molecule has 6 nitrogen and oxygen atoms in total. The first-order valence-electron chi connectivity index (χ1n) is 8.29. The molecule has 1 unspecified atom stereocenters. The number of carbonyl (C=O) groups is 2. The smallest absolute Gasteiger partial charge is 0.271 e. The van der Waals surface area contributed by atoms with Gasteiger partial charge in [-0.3, -0.25) is 14.5 Å². The molecule has 1 aliphatic rings. The zero-order chi connectivity index (χ0) is 18.1. The number of carbonyl (C=O) groups excluding carboxylic acids is 2. The molecule has 1 heterocycles. The summed E-state index contributed by atoms with van der Waals surface area (Å²) in [6.07, 6.45) is 0. The molecule has 0 spiro atoms. The Morgan fingerprint density at radius 3 is 2.58 bits per heavy atom. The fourth-order valence-corrected chi connectivity index (χ4v) is 2.54. The number of hydrogen-bond acceptors (Lipinski definition) is 4. The third-order valence-electron chi connectivity index (χ3n) is 3.93. The first-order valence-corrected chi connectivity index (χ1v) is 8.29. The van der Waals surface area contributed by atoms with E-state index in [0.29, 0.717) is 23.9 Å². The van der Waals surface area contributed by atoms with Crippen LogP contribution < -0.4 is 20.7 Å². The molecule has 1 aromatic carbocycles. The summed E-state index contributed by atoms with van der Waals surface area (Å²) in [4.78, 5) is 26.5. The molecule has 0 fully saturated rings. The van der Waals surface area contributed by atoms with Crippen molar-refractivity contribution < 1.29 is 14.3 Å². The van der Waals surface area contributed by atoms with Crippen molar-refractivity contribution in [2.75, 3.05) is 18.0 Å². The van der Waals surface area contributed by atoms with Gasteiger partial charge in [-0.15, -0.1) is 0 Å². The van der Waals surface area contributed by atoms with E-state index in [1.807, 2.05) is 32.9 Å². The van der Waals surface area contributed by atoms with Crippen molar-refractivity contribution in [3.05, 3.63) is 23.8 Å². The number of fused-ring (bicyclic) bond motifs is 1. The van der Waals surface area contributed by atoms with E-state index < -0.39 is 5.60 Å². The van der Waals surface area contributed by atoms with Crippen molar-refractivity contribution in [3.8, 4) is 5.75 Å². The van der Waals surface area contributed by atoms with Gasteiger partial charge >= 0.3 is 0 Å². The van der Waals surface area contributed by atoms with Gasteiger partial charge in [-0.05, 0) is 44.4 Å². The fraction of sp³-hybridized carbons (Fsp3) is 0.556. The Bertz CT molecular complexity index is 638. The standard InChI is InChI=1S/C18H27N3O3/c1-11(2)9-20-16(22)10-21-14-8-13(12(3)19)6-7-15(14)24-18(4,5)17(21)23/h6-8,11-12H,9-10,19H2,1-5H3,(H,20,22). The van der Waals surface area contributed by atoms with Crippen LogP contribution in [0.1, 0.15) is 46.2 Å². The minimum atomic E-state index is -1.01. The highest BCUT2D eigenvalue weighted by Gasteiger charge is 2.41. The Kier molecular flexibility index (Phi) is 5.18. The number of amides is 2. The van der Waals surface area contributed by atoms with Gasteiger partial charge in [0.1, 0.15) is 12.3 Å². The van der Waals surface area contributed by atoms with Gasteiger partial charge in [0.15, 0.2) is 5.60 Å². The van der Waals surface area contributed by atoms with Crippen LogP contribution in [-0.2, 0) is 9.59 Å². The minimum Gasteiger partial charge on any atom is -0.476 e. The second-order valence-corrected chi connectivity index (χ2v) is 7.22. The normalized spacial score (nSPS) is 17.3. The van der Waals surface area contributed by atoms with Crippen LogP contribution in [-0.4, -0.2) is 30.5 Å². The minimum absolute atomic E-state index is 0.0340. The highest BCUT2D eigenvalue weighted by molar-refractivity contribution is 6.05. The van der Waals surface area contributed by atoms with Crippen LogP contribution in [0.5, 0.6) is 5.75 Å². The van der Waals surface area contributed by atoms with Gasteiger partial charge in [0.05, 0.1) is 5.69 Å². The van der Waals surface area contributed by atoms with Gasteiger partial charge in [-0.2, -0.15) is 0 Å². The van der Waals surface area contributed by atoms with Crippen LogP contribution in [0, 0.1) is 5.92 Å². The Hall–Kier alpha value is -2.08. The number of benzene rings is 1. The molecular formula is C18H27N3O3. The van der Waals surface area contributed by atoms with Crippen molar-refractivity contribution in [2.45, 2.75) is 46.3 Å². The lowest BCUT2D eigenvalue weighted by Gasteiger charge is -2.38.